The average Bonchev–Trinajstić information content (AvgIpc) is 3.16. The molecular weight excluding hydrogens is 392 g/mol. The Morgan fingerprint density at radius 3 is 2.23 bits per heavy atom. The summed E-state index contributed by atoms with van der Waals surface area (Å²) in [6.07, 6.45) is 1.69. The molecule has 0 aliphatic carbocycles. The van der Waals surface area contributed by atoms with Crippen LogP contribution in [0.2, 0.25) is 0 Å². The molecule has 166 valence electrons. The molecule has 2 heterocycles. The molecule has 2 aromatic rings. The van der Waals surface area contributed by atoms with Crippen molar-refractivity contribution in [1.29, 1.82) is 0 Å². The quantitative estimate of drug-likeness (QED) is 0.565. The molecule has 0 unspecified atom stereocenters. The number of hydrogen-bond acceptors (Lipinski definition) is 5. The van der Waals surface area contributed by atoms with Gasteiger partial charge in [-0.2, -0.15) is 0 Å². The first kappa shape index (κ1) is 22.0. The summed E-state index contributed by atoms with van der Waals surface area (Å²) in [5.74, 6) is -0.0571. The predicted molar refractivity (Wildman–Crippen MR) is 117 cm³/mol. The largest absolute Gasteiger partial charge is 0.464 e. The maximum absolute atomic E-state index is 12.3. The zero-order chi connectivity index (χ0) is 21.7. The summed E-state index contributed by atoms with van der Waals surface area (Å²) in [6, 6.07) is 20.9. The fourth-order valence-corrected chi connectivity index (χ4v) is 4.72. The van der Waals surface area contributed by atoms with E-state index in [4.69, 9.17) is 18.9 Å². The lowest BCUT2D eigenvalue weighted by atomic mass is 9.67. The van der Waals surface area contributed by atoms with E-state index in [2.05, 4.69) is 48.5 Å². The fraction of sp³-hybridized carbons (Fsp3) is 0.500. The minimum absolute atomic E-state index is 0.0465. The molecule has 2 aromatic carbocycles. The van der Waals surface area contributed by atoms with Crippen molar-refractivity contribution < 1.29 is 23.7 Å². The minimum atomic E-state index is -0.468. The van der Waals surface area contributed by atoms with E-state index in [0.717, 1.165) is 19.3 Å². The molecule has 0 radical (unpaired) electrons. The second kappa shape index (κ2) is 9.94. The summed E-state index contributed by atoms with van der Waals surface area (Å²) < 4.78 is 23.6. The SMILES string of the molecule is CC(C)COC(=O)CO[C@@H]1[C@@H]2OC[C@H](CC1(Cc1ccccc1)Cc1ccccc1)O2. The number of rotatable bonds is 9. The maximum atomic E-state index is 12.3. The van der Waals surface area contributed by atoms with Crippen LogP contribution in [0.1, 0.15) is 31.4 Å². The highest BCUT2D eigenvalue weighted by molar-refractivity contribution is 5.70. The van der Waals surface area contributed by atoms with Gasteiger partial charge in [0.15, 0.2) is 6.29 Å². The topological polar surface area (TPSA) is 54.0 Å². The van der Waals surface area contributed by atoms with Crippen LogP contribution < -0.4 is 0 Å². The van der Waals surface area contributed by atoms with Gasteiger partial charge >= 0.3 is 5.97 Å². The number of carbonyl (C=O) groups excluding carboxylic acids is 1. The van der Waals surface area contributed by atoms with Crippen LogP contribution >= 0.6 is 0 Å². The van der Waals surface area contributed by atoms with Crippen molar-refractivity contribution in [3.05, 3.63) is 71.8 Å². The zero-order valence-corrected chi connectivity index (χ0v) is 18.4. The van der Waals surface area contributed by atoms with Crippen molar-refractivity contribution in [1.82, 2.24) is 0 Å². The van der Waals surface area contributed by atoms with Crippen molar-refractivity contribution in [3.8, 4) is 0 Å². The summed E-state index contributed by atoms with van der Waals surface area (Å²) in [5.41, 5.74) is 2.25. The molecule has 0 aromatic heterocycles. The normalized spacial score (nSPS) is 24.3. The summed E-state index contributed by atoms with van der Waals surface area (Å²) in [5, 5.41) is 0. The monoisotopic (exact) mass is 424 g/mol. The van der Waals surface area contributed by atoms with Crippen LogP contribution in [-0.2, 0) is 36.6 Å². The zero-order valence-electron chi connectivity index (χ0n) is 18.4. The van der Waals surface area contributed by atoms with E-state index in [1.165, 1.54) is 11.1 Å². The van der Waals surface area contributed by atoms with E-state index >= 15 is 0 Å². The molecule has 4 rings (SSSR count). The highest BCUT2D eigenvalue weighted by atomic mass is 16.7. The first-order valence-electron chi connectivity index (χ1n) is 11.2. The van der Waals surface area contributed by atoms with Gasteiger partial charge in [-0.3, -0.25) is 0 Å². The summed E-state index contributed by atoms with van der Waals surface area (Å²) in [6.45, 7) is 4.88. The first-order valence-corrected chi connectivity index (χ1v) is 11.2. The number of benzene rings is 2. The molecule has 0 amide bonds. The van der Waals surface area contributed by atoms with Crippen LogP contribution in [0.5, 0.6) is 0 Å². The maximum Gasteiger partial charge on any atom is 0.332 e. The number of hydrogen-bond donors (Lipinski definition) is 0. The van der Waals surface area contributed by atoms with E-state index in [9.17, 15) is 4.79 Å². The summed E-state index contributed by atoms with van der Waals surface area (Å²) >= 11 is 0. The van der Waals surface area contributed by atoms with Crippen LogP contribution in [0.3, 0.4) is 0 Å². The summed E-state index contributed by atoms with van der Waals surface area (Å²) in [4.78, 5) is 12.3. The summed E-state index contributed by atoms with van der Waals surface area (Å²) in [7, 11) is 0. The molecule has 3 atom stereocenters. The van der Waals surface area contributed by atoms with Gasteiger partial charge in [-0.05, 0) is 36.3 Å². The van der Waals surface area contributed by atoms with E-state index < -0.39 is 6.29 Å². The van der Waals surface area contributed by atoms with Crippen LogP contribution in [0.25, 0.3) is 0 Å². The second-order valence-corrected chi connectivity index (χ2v) is 9.16. The Kier molecular flexibility index (Phi) is 7.06. The Morgan fingerprint density at radius 2 is 1.65 bits per heavy atom. The number of ether oxygens (including phenoxy) is 4. The van der Waals surface area contributed by atoms with Crippen LogP contribution in [0.15, 0.2) is 60.7 Å². The van der Waals surface area contributed by atoms with Crippen molar-refractivity contribution in [2.45, 2.75) is 51.6 Å². The van der Waals surface area contributed by atoms with Gasteiger partial charge in [-0.1, -0.05) is 74.5 Å². The van der Waals surface area contributed by atoms with Crippen molar-refractivity contribution >= 4 is 5.97 Å². The molecular formula is C26H32O5. The Bertz CT molecular complexity index is 794. The van der Waals surface area contributed by atoms with Gasteiger partial charge in [0.05, 0.1) is 19.3 Å². The number of esters is 1. The molecule has 2 aliphatic heterocycles. The highest BCUT2D eigenvalue weighted by Gasteiger charge is 2.54. The number of fused-ring (bicyclic) bond motifs is 2. The first-order chi connectivity index (χ1) is 15.0. The van der Waals surface area contributed by atoms with Crippen LogP contribution in [0, 0.1) is 11.3 Å². The molecule has 2 fully saturated rings. The van der Waals surface area contributed by atoms with Crippen LogP contribution in [-0.4, -0.2) is 44.3 Å². The Morgan fingerprint density at radius 1 is 1.03 bits per heavy atom. The molecule has 2 aliphatic rings. The van der Waals surface area contributed by atoms with Gasteiger partial charge in [0.1, 0.15) is 12.7 Å². The van der Waals surface area contributed by atoms with Crippen molar-refractivity contribution in [2.75, 3.05) is 19.8 Å². The number of carbonyl (C=O) groups is 1. The van der Waals surface area contributed by atoms with Crippen molar-refractivity contribution in [2.24, 2.45) is 11.3 Å². The Hall–Kier alpha value is -2.21. The van der Waals surface area contributed by atoms with Crippen LogP contribution in [0.4, 0.5) is 0 Å². The smallest absolute Gasteiger partial charge is 0.332 e. The fourth-order valence-electron chi connectivity index (χ4n) is 4.72. The van der Waals surface area contributed by atoms with Crippen molar-refractivity contribution in [3.63, 3.8) is 0 Å². The molecule has 0 N–H and O–H groups in total. The van der Waals surface area contributed by atoms with Gasteiger partial charge in [-0.25, -0.2) is 4.79 Å². The van der Waals surface area contributed by atoms with Gasteiger partial charge in [0.2, 0.25) is 0 Å². The van der Waals surface area contributed by atoms with Gasteiger partial charge < -0.3 is 18.9 Å². The lowest BCUT2D eigenvalue weighted by Gasteiger charge is -2.46. The van der Waals surface area contributed by atoms with Gasteiger partial charge in [-0.15, -0.1) is 0 Å². The Labute approximate surface area is 184 Å². The Balaban J connectivity index is 1.59. The van der Waals surface area contributed by atoms with E-state index in [-0.39, 0.29) is 36.1 Å². The third-order valence-electron chi connectivity index (χ3n) is 6.01. The molecule has 5 heteroatoms. The average molecular weight is 425 g/mol. The lowest BCUT2D eigenvalue weighted by Crippen LogP contribution is -2.53. The van der Waals surface area contributed by atoms with E-state index in [1.54, 1.807) is 0 Å². The molecule has 2 saturated heterocycles. The predicted octanol–water partition coefficient (Wildman–Crippen LogP) is 4.19. The molecule has 0 saturated carbocycles. The molecule has 0 spiro atoms. The van der Waals surface area contributed by atoms with Gasteiger partial charge in [0.25, 0.3) is 0 Å². The standard InChI is InChI=1S/C26H32O5/c1-19(2)16-28-23(27)18-29-24-25-30-17-22(31-25)15-26(24,13-20-9-5-3-6-10-20)14-21-11-7-4-8-12-21/h3-12,19,22,24-25H,13-18H2,1-2H3/t22-,24+,25+/m0/s1. The lowest BCUT2D eigenvalue weighted by molar-refractivity contribution is -0.226. The molecule has 5 nitrogen and oxygen atoms in total. The third kappa shape index (κ3) is 5.53. The third-order valence-corrected chi connectivity index (χ3v) is 6.01. The second-order valence-electron chi connectivity index (χ2n) is 9.16. The molecule has 2 bridgehead atoms. The highest BCUT2D eigenvalue weighted by Crippen LogP contribution is 2.47. The van der Waals surface area contributed by atoms with Gasteiger partial charge in [0, 0.05) is 5.41 Å². The molecule has 31 heavy (non-hydrogen) atoms. The van der Waals surface area contributed by atoms with E-state index in [0.29, 0.717) is 13.2 Å². The van der Waals surface area contributed by atoms with E-state index in [1.807, 2.05) is 26.0 Å². The minimum Gasteiger partial charge on any atom is -0.464 e.